The van der Waals surface area contributed by atoms with Crippen LogP contribution in [0.15, 0.2) is 41.6 Å². The summed E-state index contributed by atoms with van der Waals surface area (Å²) in [5, 5.41) is 3.44. The van der Waals surface area contributed by atoms with Gasteiger partial charge < -0.3 is 10.1 Å². The smallest absolute Gasteiger partial charge is 0.237 e. The maximum absolute atomic E-state index is 5.32. The first-order chi connectivity index (χ1) is 9.80. The lowest BCUT2D eigenvalue weighted by atomic mass is 10.0. The first kappa shape index (κ1) is 14.8. The largest absolute Gasteiger partial charge is 0.480 e. The van der Waals surface area contributed by atoms with Gasteiger partial charge in [0.25, 0.3) is 0 Å². The maximum atomic E-state index is 5.32. The van der Waals surface area contributed by atoms with Crippen molar-refractivity contribution in [1.29, 1.82) is 0 Å². The third kappa shape index (κ3) is 3.29. The number of nitrogens with zero attached hydrogens (tertiary/aromatic N) is 2. The molecule has 1 aromatic heterocycles. The molecule has 5 heteroatoms. The molecule has 0 aliphatic carbocycles. The Kier molecular flexibility index (Phi) is 5.38. The predicted octanol–water partition coefficient (Wildman–Crippen LogP) is 2.91. The molecule has 0 saturated carbocycles. The van der Waals surface area contributed by atoms with E-state index in [2.05, 4.69) is 52.7 Å². The molecule has 0 fully saturated rings. The summed E-state index contributed by atoms with van der Waals surface area (Å²) in [7, 11) is 1.62. The Labute approximate surface area is 124 Å². The van der Waals surface area contributed by atoms with Crippen molar-refractivity contribution in [3.8, 4) is 5.88 Å². The van der Waals surface area contributed by atoms with Gasteiger partial charge in [-0.25, -0.2) is 4.98 Å². The van der Waals surface area contributed by atoms with Crippen LogP contribution in [0.1, 0.15) is 24.2 Å². The van der Waals surface area contributed by atoms with E-state index in [1.807, 2.05) is 0 Å². The molecule has 0 saturated heterocycles. The summed E-state index contributed by atoms with van der Waals surface area (Å²) >= 11 is 1.73. The predicted molar refractivity (Wildman–Crippen MR) is 82.3 cm³/mol. The fourth-order valence-corrected chi connectivity index (χ4v) is 2.47. The van der Waals surface area contributed by atoms with Crippen LogP contribution in [-0.4, -0.2) is 29.9 Å². The summed E-state index contributed by atoms with van der Waals surface area (Å²) in [5.74, 6) is 0.562. The van der Waals surface area contributed by atoms with Gasteiger partial charge >= 0.3 is 0 Å². The van der Waals surface area contributed by atoms with Crippen LogP contribution >= 0.6 is 11.8 Å². The van der Waals surface area contributed by atoms with Crippen LogP contribution in [0.4, 0.5) is 0 Å². The molecular weight excluding hydrogens is 270 g/mol. The third-order valence-corrected chi connectivity index (χ3v) is 3.76. The quantitative estimate of drug-likeness (QED) is 0.829. The van der Waals surface area contributed by atoms with Gasteiger partial charge in [-0.3, -0.25) is 4.98 Å². The zero-order valence-electron chi connectivity index (χ0n) is 12.0. The van der Waals surface area contributed by atoms with E-state index in [0.717, 1.165) is 17.8 Å². The Morgan fingerprint density at radius 3 is 2.50 bits per heavy atom. The topological polar surface area (TPSA) is 47.0 Å². The molecule has 20 heavy (non-hydrogen) atoms. The van der Waals surface area contributed by atoms with Crippen molar-refractivity contribution in [3.05, 3.63) is 47.9 Å². The van der Waals surface area contributed by atoms with Crippen molar-refractivity contribution < 1.29 is 4.74 Å². The van der Waals surface area contributed by atoms with Crippen LogP contribution in [0.25, 0.3) is 0 Å². The molecule has 1 atom stereocenters. The molecule has 0 radical (unpaired) electrons. The van der Waals surface area contributed by atoms with Crippen molar-refractivity contribution in [1.82, 2.24) is 15.3 Å². The summed E-state index contributed by atoms with van der Waals surface area (Å²) < 4.78 is 5.32. The monoisotopic (exact) mass is 289 g/mol. The van der Waals surface area contributed by atoms with Gasteiger partial charge in [0.1, 0.15) is 5.69 Å². The third-order valence-electron chi connectivity index (χ3n) is 3.02. The highest BCUT2D eigenvalue weighted by Gasteiger charge is 2.19. The Morgan fingerprint density at radius 2 is 1.90 bits per heavy atom. The fourth-order valence-electron chi connectivity index (χ4n) is 2.06. The Balaban J connectivity index is 2.39. The molecule has 0 spiro atoms. The van der Waals surface area contributed by atoms with Crippen molar-refractivity contribution >= 4 is 11.8 Å². The summed E-state index contributed by atoms with van der Waals surface area (Å²) in [6.07, 6.45) is 5.41. The van der Waals surface area contributed by atoms with E-state index < -0.39 is 0 Å². The SMILES string of the molecule is CCNC(c1ccc(SC)cc1)c1nccnc1OC. The van der Waals surface area contributed by atoms with E-state index in [-0.39, 0.29) is 6.04 Å². The van der Waals surface area contributed by atoms with Crippen LogP contribution in [0.2, 0.25) is 0 Å². The number of methoxy groups -OCH3 is 1. The minimum atomic E-state index is -0.0143. The number of aromatic nitrogens is 2. The van der Waals surface area contributed by atoms with E-state index >= 15 is 0 Å². The number of hydrogen-bond acceptors (Lipinski definition) is 5. The van der Waals surface area contributed by atoms with E-state index in [0.29, 0.717) is 5.88 Å². The highest BCUT2D eigenvalue weighted by Crippen LogP contribution is 2.27. The molecule has 106 valence electrons. The summed E-state index contributed by atoms with van der Waals surface area (Å²) in [4.78, 5) is 9.91. The lowest BCUT2D eigenvalue weighted by Gasteiger charge is -2.19. The number of hydrogen-bond donors (Lipinski definition) is 1. The van der Waals surface area contributed by atoms with Crippen LogP contribution in [-0.2, 0) is 0 Å². The molecule has 1 unspecified atom stereocenters. The average molecular weight is 289 g/mol. The van der Waals surface area contributed by atoms with E-state index in [1.165, 1.54) is 4.90 Å². The van der Waals surface area contributed by atoms with Gasteiger partial charge in [-0.05, 0) is 30.5 Å². The van der Waals surface area contributed by atoms with Crippen LogP contribution < -0.4 is 10.1 Å². The van der Waals surface area contributed by atoms with Crippen LogP contribution in [0, 0.1) is 0 Å². The molecule has 1 heterocycles. The van der Waals surface area contributed by atoms with Gasteiger partial charge in [0.2, 0.25) is 5.88 Å². The van der Waals surface area contributed by atoms with Crippen molar-refractivity contribution in [2.24, 2.45) is 0 Å². The number of ether oxygens (including phenoxy) is 1. The lowest BCUT2D eigenvalue weighted by molar-refractivity contribution is 0.383. The highest BCUT2D eigenvalue weighted by molar-refractivity contribution is 7.98. The van der Waals surface area contributed by atoms with Crippen LogP contribution in [0.3, 0.4) is 0 Å². The summed E-state index contributed by atoms with van der Waals surface area (Å²) in [6, 6.07) is 8.46. The Hall–Kier alpha value is -1.59. The summed E-state index contributed by atoms with van der Waals surface area (Å²) in [6.45, 7) is 2.92. The van der Waals surface area contributed by atoms with Crippen molar-refractivity contribution in [2.75, 3.05) is 19.9 Å². The molecule has 0 aliphatic rings. The maximum Gasteiger partial charge on any atom is 0.237 e. The molecule has 4 nitrogen and oxygen atoms in total. The highest BCUT2D eigenvalue weighted by atomic mass is 32.2. The van der Waals surface area contributed by atoms with Crippen molar-refractivity contribution in [3.63, 3.8) is 0 Å². The van der Waals surface area contributed by atoms with Gasteiger partial charge in [-0.1, -0.05) is 19.1 Å². The minimum absolute atomic E-state index is 0.0143. The standard InChI is InChI=1S/C15H19N3OS/c1-4-16-13(11-5-7-12(20-3)8-6-11)14-15(19-2)18-10-9-17-14/h5-10,13,16H,4H2,1-3H3. The lowest BCUT2D eigenvalue weighted by Crippen LogP contribution is -2.23. The van der Waals surface area contributed by atoms with Gasteiger partial charge in [0.15, 0.2) is 0 Å². The first-order valence-corrected chi connectivity index (χ1v) is 7.74. The molecule has 2 rings (SSSR count). The van der Waals surface area contributed by atoms with Gasteiger partial charge in [0, 0.05) is 17.3 Å². The normalized spacial score (nSPS) is 12.2. The van der Waals surface area contributed by atoms with Crippen LogP contribution in [0.5, 0.6) is 5.88 Å². The zero-order chi connectivity index (χ0) is 14.4. The minimum Gasteiger partial charge on any atom is -0.480 e. The van der Waals surface area contributed by atoms with Gasteiger partial charge in [-0.2, -0.15) is 0 Å². The fraction of sp³-hybridized carbons (Fsp3) is 0.333. The molecule has 1 N–H and O–H groups in total. The second-order valence-corrected chi connectivity index (χ2v) is 5.09. The molecule has 2 aromatic rings. The van der Waals surface area contributed by atoms with Gasteiger partial charge in [-0.15, -0.1) is 11.8 Å². The number of nitrogens with one attached hydrogen (secondary N) is 1. The Morgan fingerprint density at radius 1 is 1.20 bits per heavy atom. The number of rotatable bonds is 6. The first-order valence-electron chi connectivity index (χ1n) is 6.52. The van der Waals surface area contributed by atoms with Crippen molar-refractivity contribution in [2.45, 2.75) is 17.9 Å². The number of benzene rings is 1. The Bertz CT molecular complexity index is 545. The molecule has 0 amide bonds. The van der Waals surface area contributed by atoms with Gasteiger partial charge in [0.05, 0.1) is 13.2 Å². The van der Waals surface area contributed by atoms with E-state index in [1.54, 1.807) is 31.3 Å². The summed E-state index contributed by atoms with van der Waals surface area (Å²) in [5.41, 5.74) is 1.97. The molecular formula is C15H19N3OS. The van der Waals surface area contributed by atoms with E-state index in [4.69, 9.17) is 4.74 Å². The molecule has 0 bridgehead atoms. The molecule has 0 aliphatic heterocycles. The zero-order valence-corrected chi connectivity index (χ0v) is 12.8. The average Bonchev–Trinajstić information content (AvgIpc) is 2.53. The second-order valence-electron chi connectivity index (χ2n) is 4.21. The molecule has 1 aromatic carbocycles. The van der Waals surface area contributed by atoms with E-state index in [9.17, 15) is 0 Å². The number of thioether (sulfide) groups is 1. The second kappa shape index (κ2) is 7.26.